The number of halogens is 6. The van der Waals surface area contributed by atoms with Crippen LogP contribution in [0.5, 0.6) is 5.75 Å². The Labute approximate surface area is 161 Å². The van der Waals surface area contributed by atoms with Crippen LogP contribution in [-0.4, -0.2) is 6.21 Å². The van der Waals surface area contributed by atoms with E-state index < -0.39 is 40.6 Å². The SMILES string of the molecule is Fc1ccccc1COc1cccc(/C=N\Nc2c(F)c(F)c(F)c(F)c2F)c1. The van der Waals surface area contributed by atoms with Crippen LogP contribution in [0.3, 0.4) is 0 Å². The first kappa shape index (κ1) is 20.2. The average Bonchev–Trinajstić information content (AvgIpc) is 2.73. The summed E-state index contributed by atoms with van der Waals surface area (Å²) in [6.07, 6.45) is 1.09. The van der Waals surface area contributed by atoms with E-state index in [2.05, 4.69) is 5.10 Å². The third-order valence-electron chi connectivity index (χ3n) is 3.81. The van der Waals surface area contributed by atoms with Gasteiger partial charge in [0, 0.05) is 5.56 Å². The first-order chi connectivity index (χ1) is 13.9. The normalized spacial score (nSPS) is 11.1. The van der Waals surface area contributed by atoms with Crippen LogP contribution in [-0.2, 0) is 6.61 Å². The molecule has 3 aromatic carbocycles. The molecule has 0 aliphatic carbocycles. The molecule has 0 aliphatic rings. The zero-order chi connectivity index (χ0) is 21.0. The highest BCUT2D eigenvalue weighted by Crippen LogP contribution is 2.27. The second-order valence-corrected chi connectivity index (χ2v) is 5.77. The van der Waals surface area contributed by atoms with Gasteiger partial charge in [0.1, 0.15) is 23.9 Å². The summed E-state index contributed by atoms with van der Waals surface area (Å²) in [6, 6.07) is 12.3. The Kier molecular flexibility index (Phi) is 6.06. The number of ether oxygens (including phenoxy) is 1. The molecule has 0 spiro atoms. The summed E-state index contributed by atoms with van der Waals surface area (Å²) < 4.78 is 85.6. The molecule has 3 rings (SSSR count). The number of rotatable bonds is 6. The molecular formula is C20H12F6N2O. The topological polar surface area (TPSA) is 33.6 Å². The van der Waals surface area contributed by atoms with E-state index in [1.807, 2.05) is 0 Å². The van der Waals surface area contributed by atoms with Crippen LogP contribution >= 0.6 is 0 Å². The number of anilines is 1. The molecule has 3 aromatic rings. The molecule has 0 saturated carbocycles. The van der Waals surface area contributed by atoms with E-state index in [9.17, 15) is 26.3 Å². The van der Waals surface area contributed by atoms with E-state index in [1.165, 1.54) is 12.1 Å². The van der Waals surface area contributed by atoms with Gasteiger partial charge in [-0.25, -0.2) is 26.3 Å². The largest absolute Gasteiger partial charge is 0.489 e. The predicted molar refractivity (Wildman–Crippen MR) is 94.6 cm³/mol. The van der Waals surface area contributed by atoms with Gasteiger partial charge in [-0.05, 0) is 23.8 Å². The molecule has 29 heavy (non-hydrogen) atoms. The Balaban J connectivity index is 1.71. The highest BCUT2D eigenvalue weighted by atomic mass is 19.2. The lowest BCUT2D eigenvalue weighted by atomic mass is 10.2. The summed E-state index contributed by atoms with van der Waals surface area (Å²) in [5.41, 5.74) is 1.27. The maximum Gasteiger partial charge on any atom is 0.200 e. The number of hydrogen-bond acceptors (Lipinski definition) is 3. The molecule has 0 amide bonds. The highest BCUT2D eigenvalue weighted by Gasteiger charge is 2.25. The highest BCUT2D eigenvalue weighted by molar-refractivity contribution is 5.80. The average molecular weight is 410 g/mol. The number of hydrazone groups is 1. The Bertz CT molecular complexity index is 1040. The summed E-state index contributed by atoms with van der Waals surface area (Å²) in [5, 5.41) is 3.49. The van der Waals surface area contributed by atoms with Gasteiger partial charge in [0.2, 0.25) is 5.82 Å². The minimum atomic E-state index is -2.26. The van der Waals surface area contributed by atoms with Crippen LogP contribution in [0.25, 0.3) is 0 Å². The third-order valence-corrected chi connectivity index (χ3v) is 3.81. The fourth-order valence-electron chi connectivity index (χ4n) is 2.34. The summed E-state index contributed by atoms with van der Waals surface area (Å²) in [7, 11) is 0. The molecule has 0 heterocycles. The van der Waals surface area contributed by atoms with Crippen LogP contribution in [0.4, 0.5) is 32.0 Å². The summed E-state index contributed by atoms with van der Waals surface area (Å²) in [5.74, 6) is -10.5. The molecule has 0 fully saturated rings. The number of nitrogens with zero attached hydrogens (tertiary/aromatic N) is 1. The molecule has 0 aliphatic heterocycles. The minimum absolute atomic E-state index is 0.0317. The quantitative estimate of drug-likeness (QED) is 0.190. The van der Waals surface area contributed by atoms with Gasteiger partial charge < -0.3 is 4.74 Å². The lowest BCUT2D eigenvalue weighted by Crippen LogP contribution is -2.06. The Morgan fingerprint density at radius 1 is 0.793 bits per heavy atom. The van der Waals surface area contributed by atoms with Crippen molar-refractivity contribution in [3.63, 3.8) is 0 Å². The van der Waals surface area contributed by atoms with Crippen LogP contribution in [0.15, 0.2) is 53.6 Å². The standard InChI is InChI=1S/C20H12F6N2O/c21-14-7-2-1-5-12(14)10-29-13-6-3-4-11(8-13)9-27-28-20-18(25)16(23)15(22)17(24)19(20)26/h1-9,28H,10H2/b27-9-. The maximum atomic E-state index is 13.6. The van der Waals surface area contributed by atoms with Crippen molar-refractivity contribution in [3.8, 4) is 5.75 Å². The van der Waals surface area contributed by atoms with E-state index in [1.54, 1.807) is 41.8 Å². The van der Waals surface area contributed by atoms with E-state index >= 15 is 0 Å². The number of benzene rings is 3. The zero-order valence-corrected chi connectivity index (χ0v) is 14.5. The van der Waals surface area contributed by atoms with Crippen LogP contribution in [0, 0.1) is 34.9 Å². The molecule has 0 saturated heterocycles. The second kappa shape index (κ2) is 8.68. The lowest BCUT2D eigenvalue weighted by Gasteiger charge is -2.08. The van der Waals surface area contributed by atoms with E-state index in [0.29, 0.717) is 16.9 Å². The number of nitrogens with one attached hydrogen (secondary N) is 1. The first-order valence-electron chi connectivity index (χ1n) is 8.15. The summed E-state index contributed by atoms with van der Waals surface area (Å²) in [6.45, 7) is -0.0317. The van der Waals surface area contributed by atoms with Crippen molar-refractivity contribution in [1.82, 2.24) is 0 Å². The van der Waals surface area contributed by atoms with E-state index in [0.717, 1.165) is 6.21 Å². The first-order valence-corrected chi connectivity index (χ1v) is 8.15. The van der Waals surface area contributed by atoms with Crippen molar-refractivity contribution in [2.75, 3.05) is 5.43 Å². The molecule has 0 radical (unpaired) electrons. The molecule has 3 nitrogen and oxygen atoms in total. The van der Waals surface area contributed by atoms with E-state index in [4.69, 9.17) is 4.74 Å². The molecule has 0 atom stereocenters. The molecular weight excluding hydrogens is 398 g/mol. The molecule has 0 unspecified atom stereocenters. The maximum absolute atomic E-state index is 13.6. The molecule has 150 valence electrons. The zero-order valence-electron chi connectivity index (χ0n) is 14.5. The molecule has 0 aromatic heterocycles. The van der Waals surface area contributed by atoms with Crippen LogP contribution in [0.1, 0.15) is 11.1 Å². The van der Waals surface area contributed by atoms with Crippen molar-refractivity contribution in [2.24, 2.45) is 5.10 Å². The van der Waals surface area contributed by atoms with Crippen molar-refractivity contribution in [2.45, 2.75) is 6.61 Å². The van der Waals surface area contributed by atoms with Gasteiger partial charge in [0.25, 0.3) is 0 Å². The van der Waals surface area contributed by atoms with Crippen molar-refractivity contribution < 1.29 is 31.1 Å². The van der Waals surface area contributed by atoms with Gasteiger partial charge >= 0.3 is 0 Å². The Hall–Kier alpha value is -3.49. The lowest BCUT2D eigenvalue weighted by molar-refractivity contribution is 0.300. The van der Waals surface area contributed by atoms with Crippen molar-refractivity contribution >= 4 is 11.9 Å². The second-order valence-electron chi connectivity index (χ2n) is 5.77. The van der Waals surface area contributed by atoms with Gasteiger partial charge in [0.15, 0.2) is 23.3 Å². The fourth-order valence-corrected chi connectivity index (χ4v) is 2.34. The molecule has 9 heteroatoms. The number of hydrogen-bond donors (Lipinski definition) is 1. The van der Waals surface area contributed by atoms with Crippen molar-refractivity contribution in [3.05, 3.63) is 94.6 Å². The van der Waals surface area contributed by atoms with Gasteiger partial charge in [-0.2, -0.15) is 5.10 Å². The Morgan fingerprint density at radius 3 is 2.14 bits per heavy atom. The van der Waals surface area contributed by atoms with Gasteiger partial charge in [-0.15, -0.1) is 0 Å². The van der Waals surface area contributed by atoms with Crippen molar-refractivity contribution in [1.29, 1.82) is 0 Å². The molecule has 0 bridgehead atoms. The Morgan fingerprint density at radius 2 is 1.45 bits per heavy atom. The van der Waals surface area contributed by atoms with E-state index in [-0.39, 0.29) is 6.61 Å². The fraction of sp³-hybridized carbons (Fsp3) is 0.0500. The van der Waals surface area contributed by atoms with Crippen LogP contribution < -0.4 is 10.2 Å². The minimum Gasteiger partial charge on any atom is -0.489 e. The monoisotopic (exact) mass is 410 g/mol. The summed E-state index contributed by atoms with van der Waals surface area (Å²) in [4.78, 5) is 0. The third kappa shape index (κ3) is 4.50. The molecule has 1 N–H and O–H groups in total. The summed E-state index contributed by atoms with van der Waals surface area (Å²) >= 11 is 0. The predicted octanol–water partition coefficient (Wildman–Crippen LogP) is 5.55. The van der Waals surface area contributed by atoms with Gasteiger partial charge in [-0.3, -0.25) is 5.43 Å². The van der Waals surface area contributed by atoms with Gasteiger partial charge in [-0.1, -0.05) is 30.3 Å². The smallest absolute Gasteiger partial charge is 0.200 e. The van der Waals surface area contributed by atoms with Gasteiger partial charge in [0.05, 0.1) is 6.21 Å². The van der Waals surface area contributed by atoms with Crippen LogP contribution in [0.2, 0.25) is 0 Å².